The lowest BCUT2D eigenvalue weighted by molar-refractivity contribution is -0.117. The molecule has 0 aliphatic rings. The Hall–Kier alpha value is -2.84. The summed E-state index contributed by atoms with van der Waals surface area (Å²) >= 11 is 5.85. The van der Waals surface area contributed by atoms with Crippen LogP contribution in [0.1, 0.15) is 18.9 Å². The second-order valence-corrected chi connectivity index (χ2v) is 5.57. The van der Waals surface area contributed by atoms with Crippen LogP contribution >= 0.6 is 11.6 Å². The molecule has 0 aliphatic heterocycles. The summed E-state index contributed by atoms with van der Waals surface area (Å²) in [7, 11) is 0. The minimum absolute atomic E-state index is 0.138. The summed E-state index contributed by atoms with van der Waals surface area (Å²) in [6.45, 7) is 1.70. The first-order valence-electron chi connectivity index (χ1n) is 7.33. The first kappa shape index (κ1) is 17.5. The van der Waals surface area contributed by atoms with Gasteiger partial charge in [-0.05, 0) is 42.5 Å². The predicted molar refractivity (Wildman–Crippen MR) is 93.9 cm³/mol. The van der Waals surface area contributed by atoms with Crippen LogP contribution in [0.4, 0.5) is 11.4 Å². The summed E-state index contributed by atoms with van der Waals surface area (Å²) in [6, 6.07) is 15.5. The van der Waals surface area contributed by atoms with Gasteiger partial charge in [-0.3, -0.25) is 9.59 Å². The van der Waals surface area contributed by atoms with Crippen LogP contribution in [0.2, 0.25) is 5.02 Å². The average molecular weight is 342 g/mol. The van der Waals surface area contributed by atoms with Crippen molar-refractivity contribution in [2.75, 3.05) is 16.8 Å². The van der Waals surface area contributed by atoms with Gasteiger partial charge in [0, 0.05) is 36.3 Å². The smallest absolute Gasteiger partial charge is 0.226 e. The van der Waals surface area contributed by atoms with Crippen LogP contribution in [0, 0.1) is 11.3 Å². The normalized spacial score (nSPS) is 9.88. The number of carbonyl (C=O) groups is 2. The molecular weight excluding hydrogens is 326 g/mol. The van der Waals surface area contributed by atoms with E-state index in [1.165, 1.54) is 11.8 Å². The molecule has 0 atom stereocenters. The van der Waals surface area contributed by atoms with Gasteiger partial charge in [0.05, 0.1) is 11.6 Å². The number of benzene rings is 2. The highest BCUT2D eigenvalue weighted by Crippen LogP contribution is 2.18. The van der Waals surface area contributed by atoms with Gasteiger partial charge in [0.15, 0.2) is 0 Å². The zero-order valence-electron chi connectivity index (χ0n) is 13.1. The number of anilines is 2. The Balaban J connectivity index is 1.98. The van der Waals surface area contributed by atoms with Gasteiger partial charge in [-0.1, -0.05) is 17.7 Å². The number of carbonyl (C=O) groups excluding carboxylic acids is 2. The fourth-order valence-corrected chi connectivity index (χ4v) is 2.32. The van der Waals surface area contributed by atoms with Gasteiger partial charge in [0.2, 0.25) is 11.8 Å². The standard InChI is InChI=1S/C18H16ClN3O2/c1-13(23)22(17-7-5-15(19)6-8-17)10-9-18(24)21-16-4-2-3-14(11-16)12-20/h2-8,11H,9-10H2,1H3,(H,21,24). The van der Waals surface area contributed by atoms with E-state index >= 15 is 0 Å². The van der Waals surface area contributed by atoms with Gasteiger partial charge in [0.25, 0.3) is 0 Å². The van der Waals surface area contributed by atoms with Crippen LogP contribution in [0.5, 0.6) is 0 Å². The molecule has 6 heteroatoms. The lowest BCUT2D eigenvalue weighted by Gasteiger charge is -2.21. The zero-order valence-corrected chi connectivity index (χ0v) is 13.9. The van der Waals surface area contributed by atoms with E-state index in [9.17, 15) is 9.59 Å². The zero-order chi connectivity index (χ0) is 17.5. The molecule has 0 aromatic heterocycles. The molecule has 2 amide bonds. The van der Waals surface area contributed by atoms with Gasteiger partial charge in [-0.2, -0.15) is 5.26 Å². The van der Waals surface area contributed by atoms with E-state index in [1.54, 1.807) is 48.5 Å². The van der Waals surface area contributed by atoms with Gasteiger partial charge in [0.1, 0.15) is 0 Å². The highest BCUT2D eigenvalue weighted by molar-refractivity contribution is 6.30. The van der Waals surface area contributed by atoms with Crippen molar-refractivity contribution >= 4 is 34.8 Å². The molecule has 0 aliphatic carbocycles. The minimum atomic E-state index is -0.231. The molecule has 0 unspecified atom stereocenters. The van der Waals surface area contributed by atoms with Crippen molar-refractivity contribution in [1.82, 2.24) is 0 Å². The molecule has 0 radical (unpaired) electrons. The van der Waals surface area contributed by atoms with Gasteiger partial charge >= 0.3 is 0 Å². The van der Waals surface area contributed by atoms with Crippen LogP contribution < -0.4 is 10.2 Å². The van der Waals surface area contributed by atoms with Crippen molar-refractivity contribution in [3.05, 3.63) is 59.1 Å². The SMILES string of the molecule is CC(=O)N(CCC(=O)Nc1cccc(C#N)c1)c1ccc(Cl)cc1. The second-order valence-electron chi connectivity index (χ2n) is 5.14. The number of hydrogen-bond acceptors (Lipinski definition) is 3. The van der Waals surface area contributed by atoms with Gasteiger partial charge in [-0.15, -0.1) is 0 Å². The summed E-state index contributed by atoms with van der Waals surface area (Å²) in [5.41, 5.74) is 1.71. The van der Waals surface area contributed by atoms with Crippen molar-refractivity contribution in [3.8, 4) is 6.07 Å². The summed E-state index contributed by atoms with van der Waals surface area (Å²) in [6.07, 6.45) is 0.138. The van der Waals surface area contributed by atoms with Crippen LogP contribution in [-0.2, 0) is 9.59 Å². The molecular formula is C18H16ClN3O2. The third-order valence-corrected chi connectivity index (χ3v) is 3.61. The van der Waals surface area contributed by atoms with Crippen molar-refractivity contribution in [2.45, 2.75) is 13.3 Å². The van der Waals surface area contributed by atoms with E-state index in [0.29, 0.717) is 22.0 Å². The number of rotatable bonds is 5. The lowest BCUT2D eigenvalue weighted by atomic mass is 10.2. The van der Waals surface area contributed by atoms with Crippen molar-refractivity contribution < 1.29 is 9.59 Å². The van der Waals surface area contributed by atoms with Crippen LogP contribution in [0.15, 0.2) is 48.5 Å². The molecule has 24 heavy (non-hydrogen) atoms. The molecule has 2 aromatic rings. The molecule has 0 saturated heterocycles. The van der Waals surface area contributed by atoms with E-state index in [0.717, 1.165) is 0 Å². The fourth-order valence-electron chi connectivity index (χ4n) is 2.19. The molecule has 0 heterocycles. The molecule has 0 bridgehead atoms. The van der Waals surface area contributed by atoms with Crippen LogP contribution in [0.3, 0.4) is 0 Å². The third-order valence-electron chi connectivity index (χ3n) is 3.36. The quantitative estimate of drug-likeness (QED) is 0.903. The van der Waals surface area contributed by atoms with Gasteiger partial charge < -0.3 is 10.2 Å². The Labute approximate surface area is 145 Å². The molecule has 5 nitrogen and oxygen atoms in total. The summed E-state index contributed by atoms with van der Waals surface area (Å²) in [5.74, 6) is -0.387. The maximum absolute atomic E-state index is 12.1. The van der Waals surface area contributed by atoms with E-state index < -0.39 is 0 Å². The Morgan fingerprint density at radius 1 is 1.21 bits per heavy atom. The Morgan fingerprint density at radius 3 is 2.54 bits per heavy atom. The largest absolute Gasteiger partial charge is 0.326 e. The topological polar surface area (TPSA) is 73.2 Å². The predicted octanol–water partition coefficient (Wildman–Crippen LogP) is 3.59. The minimum Gasteiger partial charge on any atom is -0.326 e. The van der Waals surface area contributed by atoms with Gasteiger partial charge in [-0.25, -0.2) is 0 Å². The highest BCUT2D eigenvalue weighted by Gasteiger charge is 2.13. The highest BCUT2D eigenvalue weighted by atomic mass is 35.5. The Morgan fingerprint density at radius 2 is 1.92 bits per heavy atom. The fraction of sp³-hybridized carbons (Fsp3) is 0.167. The maximum Gasteiger partial charge on any atom is 0.226 e. The van der Waals surface area contributed by atoms with E-state index in [4.69, 9.17) is 16.9 Å². The van der Waals surface area contributed by atoms with E-state index in [1.807, 2.05) is 6.07 Å². The maximum atomic E-state index is 12.1. The molecule has 0 spiro atoms. The average Bonchev–Trinajstić information content (AvgIpc) is 2.56. The second kappa shape index (κ2) is 8.14. The Bertz CT molecular complexity index is 782. The summed E-state index contributed by atoms with van der Waals surface area (Å²) < 4.78 is 0. The number of nitrogens with zero attached hydrogens (tertiary/aromatic N) is 2. The summed E-state index contributed by atoms with van der Waals surface area (Å²) in [5, 5.41) is 12.2. The molecule has 0 fully saturated rings. The molecule has 1 N–H and O–H groups in total. The Kier molecular flexibility index (Phi) is 5.94. The number of amides is 2. The van der Waals surface area contributed by atoms with Crippen molar-refractivity contribution in [1.29, 1.82) is 5.26 Å². The lowest BCUT2D eigenvalue weighted by Crippen LogP contribution is -2.31. The van der Waals surface area contributed by atoms with Crippen molar-refractivity contribution in [2.24, 2.45) is 0 Å². The first-order chi connectivity index (χ1) is 11.5. The number of nitriles is 1. The van der Waals surface area contributed by atoms with E-state index in [2.05, 4.69) is 5.32 Å². The molecule has 0 saturated carbocycles. The number of nitrogens with one attached hydrogen (secondary N) is 1. The molecule has 2 rings (SSSR count). The molecule has 2 aromatic carbocycles. The third kappa shape index (κ3) is 4.83. The summed E-state index contributed by atoms with van der Waals surface area (Å²) in [4.78, 5) is 25.4. The van der Waals surface area contributed by atoms with Crippen LogP contribution in [-0.4, -0.2) is 18.4 Å². The van der Waals surface area contributed by atoms with Crippen molar-refractivity contribution in [3.63, 3.8) is 0 Å². The first-order valence-corrected chi connectivity index (χ1v) is 7.71. The molecule has 122 valence electrons. The number of halogens is 1. The van der Waals surface area contributed by atoms with E-state index in [-0.39, 0.29) is 24.8 Å². The monoisotopic (exact) mass is 341 g/mol. The number of hydrogen-bond donors (Lipinski definition) is 1. The van der Waals surface area contributed by atoms with Crippen LogP contribution in [0.25, 0.3) is 0 Å².